The fourth-order valence-electron chi connectivity index (χ4n) is 1.71. The van der Waals surface area contributed by atoms with Gasteiger partial charge in [0.2, 0.25) is 0 Å². The van der Waals surface area contributed by atoms with E-state index in [2.05, 4.69) is 5.32 Å². The summed E-state index contributed by atoms with van der Waals surface area (Å²) < 4.78 is 41.1. The molecule has 6 heteroatoms. The Kier molecular flexibility index (Phi) is 5.78. The van der Waals surface area contributed by atoms with Crippen molar-refractivity contribution >= 4 is 0 Å². The second-order valence-electron chi connectivity index (χ2n) is 4.27. The van der Waals surface area contributed by atoms with Gasteiger partial charge in [0.1, 0.15) is 0 Å². The minimum Gasteiger partial charge on any atom is -0.394 e. The molecular formula is C13H18F3NO2. The third-order valence-corrected chi connectivity index (χ3v) is 2.95. The zero-order chi connectivity index (χ0) is 14.4. The van der Waals surface area contributed by atoms with Gasteiger partial charge in [-0.3, -0.25) is 0 Å². The molecule has 1 aromatic carbocycles. The minimum atomic E-state index is -4.23. The first-order chi connectivity index (χ1) is 8.93. The van der Waals surface area contributed by atoms with Crippen molar-refractivity contribution in [3.63, 3.8) is 0 Å². The lowest BCUT2D eigenvalue weighted by Crippen LogP contribution is -2.47. The summed E-state index contributed by atoms with van der Waals surface area (Å²) in [5.41, 5.74) is -0.112. The van der Waals surface area contributed by atoms with Gasteiger partial charge >= 0.3 is 6.18 Å². The van der Waals surface area contributed by atoms with Crippen LogP contribution in [0.15, 0.2) is 30.3 Å². The van der Waals surface area contributed by atoms with E-state index in [1.807, 2.05) is 6.07 Å². The van der Waals surface area contributed by atoms with E-state index in [-0.39, 0.29) is 13.2 Å². The summed E-state index contributed by atoms with van der Waals surface area (Å²) in [4.78, 5) is 0. The van der Waals surface area contributed by atoms with Crippen LogP contribution in [0.1, 0.15) is 12.0 Å². The van der Waals surface area contributed by atoms with Crippen molar-refractivity contribution in [3.8, 4) is 0 Å². The van der Waals surface area contributed by atoms with Crippen LogP contribution in [-0.2, 0) is 10.3 Å². The summed E-state index contributed by atoms with van der Waals surface area (Å²) in [7, 11) is 1.64. The molecule has 0 radical (unpaired) electrons. The number of halogens is 3. The average molecular weight is 277 g/mol. The number of benzene rings is 1. The van der Waals surface area contributed by atoms with Crippen molar-refractivity contribution < 1.29 is 23.0 Å². The lowest BCUT2D eigenvalue weighted by atomic mass is 9.92. The monoisotopic (exact) mass is 277 g/mol. The van der Waals surface area contributed by atoms with Crippen molar-refractivity contribution in [2.45, 2.75) is 18.1 Å². The van der Waals surface area contributed by atoms with E-state index in [9.17, 15) is 18.3 Å². The van der Waals surface area contributed by atoms with E-state index >= 15 is 0 Å². The molecule has 0 spiro atoms. The number of aliphatic hydroxyl groups excluding tert-OH is 1. The fraction of sp³-hybridized carbons (Fsp3) is 0.538. The Morgan fingerprint density at radius 2 is 1.84 bits per heavy atom. The topological polar surface area (TPSA) is 41.5 Å². The van der Waals surface area contributed by atoms with Gasteiger partial charge in [-0.15, -0.1) is 0 Å². The molecule has 0 aliphatic heterocycles. The third-order valence-electron chi connectivity index (χ3n) is 2.95. The number of likely N-dealkylation sites (N-methyl/N-ethyl adjacent to an activating group) is 1. The first-order valence-corrected chi connectivity index (χ1v) is 5.93. The molecule has 0 amide bonds. The highest BCUT2D eigenvalue weighted by atomic mass is 19.4. The van der Waals surface area contributed by atoms with Crippen LogP contribution in [0.4, 0.5) is 13.2 Å². The molecule has 0 fully saturated rings. The standard InChI is InChI=1S/C13H18F3NO2/c1-17-12(9-18,11-5-3-2-4-6-11)10-19-8-7-13(14,15)16/h2-6,17-18H,7-10H2,1H3. The predicted octanol–water partition coefficient (Wildman–Crippen LogP) is 2.06. The largest absolute Gasteiger partial charge is 0.394 e. The van der Waals surface area contributed by atoms with Crippen LogP contribution < -0.4 is 5.32 Å². The Balaban J connectivity index is 2.63. The molecule has 0 heterocycles. The maximum atomic E-state index is 12.0. The molecule has 2 N–H and O–H groups in total. The molecule has 1 atom stereocenters. The SMILES string of the molecule is CNC(CO)(COCCC(F)(F)F)c1ccccc1. The number of alkyl halides is 3. The van der Waals surface area contributed by atoms with Gasteiger partial charge in [0.15, 0.2) is 0 Å². The van der Waals surface area contributed by atoms with Crippen LogP contribution in [-0.4, -0.2) is 38.2 Å². The molecule has 1 aromatic rings. The molecule has 3 nitrogen and oxygen atoms in total. The molecule has 0 aromatic heterocycles. The highest BCUT2D eigenvalue weighted by molar-refractivity contribution is 5.24. The Hall–Kier alpha value is -1.11. The first-order valence-electron chi connectivity index (χ1n) is 5.93. The van der Waals surface area contributed by atoms with Crippen LogP contribution in [0.25, 0.3) is 0 Å². The number of hydrogen-bond donors (Lipinski definition) is 2. The van der Waals surface area contributed by atoms with E-state index < -0.39 is 24.7 Å². The lowest BCUT2D eigenvalue weighted by molar-refractivity contribution is -0.147. The lowest BCUT2D eigenvalue weighted by Gasteiger charge is -2.32. The summed E-state index contributed by atoms with van der Waals surface area (Å²) >= 11 is 0. The number of rotatable bonds is 7. The maximum Gasteiger partial charge on any atom is 0.391 e. The molecule has 0 saturated heterocycles. The molecule has 108 valence electrons. The van der Waals surface area contributed by atoms with E-state index in [0.29, 0.717) is 0 Å². The quantitative estimate of drug-likeness (QED) is 0.750. The van der Waals surface area contributed by atoms with E-state index in [0.717, 1.165) is 5.56 Å². The van der Waals surface area contributed by atoms with Gasteiger partial charge in [-0.1, -0.05) is 30.3 Å². The van der Waals surface area contributed by atoms with Crippen molar-refractivity contribution in [2.75, 3.05) is 26.9 Å². The van der Waals surface area contributed by atoms with E-state index in [1.165, 1.54) is 0 Å². The first kappa shape index (κ1) is 15.9. The summed E-state index contributed by atoms with van der Waals surface area (Å²) in [6.07, 6.45) is -5.22. The number of nitrogens with one attached hydrogen (secondary N) is 1. The molecule has 1 unspecified atom stereocenters. The molecule has 0 bridgehead atoms. The molecular weight excluding hydrogens is 259 g/mol. The van der Waals surface area contributed by atoms with Gasteiger partial charge in [-0.2, -0.15) is 13.2 Å². The Labute approximate surface area is 110 Å². The fourth-order valence-corrected chi connectivity index (χ4v) is 1.71. The summed E-state index contributed by atoms with van der Waals surface area (Å²) in [6.45, 7) is -0.709. The third kappa shape index (κ3) is 4.81. The van der Waals surface area contributed by atoms with Crippen molar-refractivity contribution in [1.29, 1.82) is 0 Å². The average Bonchev–Trinajstić information content (AvgIpc) is 2.39. The van der Waals surface area contributed by atoms with E-state index in [1.54, 1.807) is 31.3 Å². The van der Waals surface area contributed by atoms with Crippen LogP contribution in [0.2, 0.25) is 0 Å². The van der Waals surface area contributed by atoms with Gasteiger partial charge in [-0.05, 0) is 12.6 Å². The van der Waals surface area contributed by atoms with Crippen LogP contribution in [0.5, 0.6) is 0 Å². The molecule has 1 rings (SSSR count). The van der Waals surface area contributed by atoms with Crippen LogP contribution in [0.3, 0.4) is 0 Å². The number of ether oxygens (including phenoxy) is 1. The van der Waals surface area contributed by atoms with Gasteiger partial charge in [0, 0.05) is 0 Å². The second-order valence-corrected chi connectivity index (χ2v) is 4.27. The molecule has 0 aliphatic rings. The van der Waals surface area contributed by atoms with Crippen LogP contribution in [0, 0.1) is 0 Å². The summed E-state index contributed by atoms with van der Waals surface area (Å²) in [5, 5.41) is 12.4. The van der Waals surface area contributed by atoms with Gasteiger partial charge in [-0.25, -0.2) is 0 Å². The van der Waals surface area contributed by atoms with E-state index in [4.69, 9.17) is 4.74 Å². The zero-order valence-corrected chi connectivity index (χ0v) is 10.7. The van der Waals surface area contributed by atoms with Gasteiger partial charge in [0.05, 0.1) is 31.8 Å². The maximum absolute atomic E-state index is 12.0. The Bertz CT molecular complexity index is 364. The van der Waals surface area contributed by atoms with Crippen molar-refractivity contribution in [3.05, 3.63) is 35.9 Å². The van der Waals surface area contributed by atoms with Crippen molar-refractivity contribution in [2.24, 2.45) is 0 Å². The Morgan fingerprint density at radius 3 is 2.32 bits per heavy atom. The summed E-state index contributed by atoms with van der Waals surface area (Å²) in [6, 6.07) is 9.01. The molecule has 19 heavy (non-hydrogen) atoms. The highest BCUT2D eigenvalue weighted by Crippen LogP contribution is 2.22. The Morgan fingerprint density at radius 1 is 1.21 bits per heavy atom. The molecule has 0 saturated carbocycles. The second kappa shape index (κ2) is 6.88. The smallest absolute Gasteiger partial charge is 0.391 e. The normalized spacial score (nSPS) is 15.2. The number of aliphatic hydroxyl groups is 1. The number of hydrogen-bond acceptors (Lipinski definition) is 3. The zero-order valence-electron chi connectivity index (χ0n) is 10.7. The minimum absolute atomic E-state index is 0.0277. The van der Waals surface area contributed by atoms with Gasteiger partial charge in [0.25, 0.3) is 0 Å². The predicted molar refractivity (Wildman–Crippen MR) is 65.8 cm³/mol. The molecule has 0 aliphatic carbocycles. The summed E-state index contributed by atoms with van der Waals surface area (Å²) in [5.74, 6) is 0. The highest BCUT2D eigenvalue weighted by Gasteiger charge is 2.31. The van der Waals surface area contributed by atoms with Gasteiger partial charge < -0.3 is 15.2 Å². The van der Waals surface area contributed by atoms with Crippen LogP contribution >= 0.6 is 0 Å². The van der Waals surface area contributed by atoms with Crippen molar-refractivity contribution in [1.82, 2.24) is 5.32 Å².